The molecule has 0 spiro atoms. The Morgan fingerprint density at radius 1 is 1.25 bits per heavy atom. The molecule has 1 aromatic carbocycles. The second-order valence-corrected chi connectivity index (χ2v) is 4.46. The van der Waals surface area contributed by atoms with E-state index in [0.29, 0.717) is 6.42 Å². The summed E-state index contributed by atoms with van der Waals surface area (Å²) in [6.07, 6.45) is -0.120. The van der Waals surface area contributed by atoms with Crippen molar-refractivity contribution < 1.29 is 24.9 Å². The number of carbonyl (C=O) groups excluding carboxylic acids is 1. The number of carbonyl (C=O) groups is 2. The summed E-state index contributed by atoms with van der Waals surface area (Å²) in [7, 11) is 0. The van der Waals surface area contributed by atoms with Gasteiger partial charge in [-0.1, -0.05) is 12.1 Å². The maximum atomic E-state index is 11.6. The van der Waals surface area contributed by atoms with Crippen molar-refractivity contribution in [2.75, 3.05) is 6.61 Å². The third-order valence-electron chi connectivity index (χ3n) is 2.72. The summed E-state index contributed by atoms with van der Waals surface area (Å²) in [5.41, 5.74) is 6.24. The molecule has 0 unspecified atom stereocenters. The Hall–Kier alpha value is -2.12. The molecular formula is C13H18N2O5. The van der Waals surface area contributed by atoms with Crippen LogP contribution in [0, 0.1) is 0 Å². The molecule has 7 heteroatoms. The van der Waals surface area contributed by atoms with Crippen LogP contribution in [0.4, 0.5) is 0 Å². The lowest BCUT2D eigenvalue weighted by atomic mass is 10.1. The molecular weight excluding hydrogens is 264 g/mol. The van der Waals surface area contributed by atoms with Gasteiger partial charge >= 0.3 is 5.97 Å². The highest BCUT2D eigenvalue weighted by Gasteiger charge is 2.20. The molecule has 0 bridgehead atoms. The van der Waals surface area contributed by atoms with Gasteiger partial charge in [-0.2, -0.15) is 0 Å². The van der Waals surface area contributed by atoms with E-state index in [-0.39, 0.29) is 12.4 Å². The van der Waals surface area contributed by atoms with Gasteiger partial charge in [0.1, 0.15) is 5.75 Å². The van der Waals surface area contributed by atoms with Gasteiger partial charge in [-0.3, -0.25) is 9.59 Å². The minimum atomic E-state index is -1.16. The van der Waals surface area contributed by atoms with Gasteiger partial charge in [0.15, 0.2) is 0 Å². The van der Waals surface area contributed by atoms with Gasteiger partial charge in [0.25, 0.3) is 0 Å². The summed E-state index contributed by atoms with van der Waals surface area (Å²) in [6, 6.07) is 4.62. The Balaban J connectivity index is 2.56. The molecule has 0 aliphatic rings. The van der Waals surface area contributed by atoms with Crippen LogP contribution in [-0.4, -0.2) is 45.9 Å². The Bertz CT molecular complexity index is 460. The van der Waals surface area contributed by atoms with Gasteiger partial charge in [0.2, 0.25) is 5.91 Å². The van der Waals surface area contributed by atoms with E-state index in [1.165, 1.54) is 12.1 Å². The lowest BCUT2D eigenvalue weighted by Gasteiger charge is -2.18. The zero-order valence-corrected chi connectivity index (χ0v) is 10.8. The SMILES string of the molecule is N[C@H](CC(=O)O)C(=O)N[C@@H](CO)Cc1ccc(O)cc1. The molecule has 0 saturated heterocycles. The molecule has 0 aliphatic heterocycles. The Morgan fingerprint density at radius 2 is 1.85 bits per heavy atom. The summed E-state index contributed by atoms with van der Waals surface area (Å²) in [6.45, 7) is -0.299. The third-order valence-corrected chi connectivity index (χ3v) is 2.72. The number of rotatable bonds is 7. The highest BCUT2D eigenvalue weighted by Crippen LogP contribution is 2.11. The van der Waals surface area contributed by atoms with Crippen LogP contribution in [0.15, 0.2) is 24.3 Å². The van der Waals surface area contributed by atoms with Crippen LogP contribution in [0.3, 0.4) is 0 Å². The maximum absolute atomic E-state index is 11.6. The first-order chi connectivity index (χ1) is 9.42. The monoisotopic (exact) mass is 282 g/mol. The van der Waals surface area contributed by atoms with Crippen LogP contribution in [-0.2, 0) is 16.0 Å². The first-order valence-corrected chi connectivity index (χ1v) is 6.09. The van der Waals surface area contributed by atoms with Gasteiger partial charge in [-0.05, 0) is 24.1 Å². The van der Waals surface area contributed by atoms with Crippen molar-refractivity contribution in [1.82, 2.24) is 5.32 Å². The molecule has 2 atom stereocenters. The van der Waals surface area contributed by atoms with Gasteiger partial charge in [-0.25, -0.2) is 0 Å². The van der Waals surface area contributed by atoms with Gasteiger partial charge in [0.05, 0.1) is 25.1 Å². The van der Waals surface area contributed by atoms with Gasteiger partial charge < -0.3 is 26.4 Å². The summed E-state index contributed by atoms with van der Waals surface area (Å²) in [5, 5.41) is 29.4. The number of aromatic hydroxyl groups is 1. The molecule has 1 amide bonds. The molecule has 0 aliphatic carbocycles. The lowest BCUT2D eigenvalue weighted by molar-refractivity contribution is -0.139. The molecule has 0 heterocycles. The second kappa shape index (κ2) is 7.46. The first kappa shape index (κ1) is 15.9. The van der Waals surface area contributed by atoms with Crippen molar-refractivity contribution in [3.8, 4) is 5.75 Å². The number of aliphatic carboxylic acids is 1. The molecule has 110 valence electrons. The summed E-state index contributed by atoms with van der Waals surface area (Å²) >= 11 is 0. The Labute approximate surface area is 116 Å². The number of phenolic OH excluding ortho intramolecular Hbond substituents is 1. The summed E-state index contributed by atoms with van der Waals surface area (Å²) in [5.74, 6) is -1.65. The Kier molecular flexibility index (Phi) is 5.95. The fourth-order valence-electron chi connectivity index (χ4n) is 1.67. The fraction of sp³-hybridized carbons (Fsp3) is 0.385. The third kappa shape index (κ3) is 5.25. The number of aliphatic hydroxyl groups excluding tert-OH is 1. The highest BCUT2D eigenvalue weighted by molar-refractivity contribution is 5.86. The summed E-state index contributed by atoms with van der Waals surface area (Å²) < 4.78 is 0. The molecule has 7 nitrogen and oxygen atoms in total. The van der Waals surface area contributed by atoms with Crippen molar-refractivity contribution in [2.45, 2.75) is 24.9 Å². The lowest BCUT2D eigenvalue weighted by Crippen LogP contribution is -2.48. The average molecular weight is 282 g/mol. The predicted molar refractivity (Wildman–Crippen MR) is 71.1 cm³/mol. The van der Waals surface area contributed by atoms with E-state index in [2.05, 4.69) is 5.32 Å². The normalized spacial score (nSPS) is 13.5. The predicted octanol–water partition coefficient (Wildman–Crippen LogP) is -0.786. The standard InChI is InChI=1S/C13H18N2O5/c14-11(6-12(18)19)13(20)15-9(7-16)5-8-1-3-10(17)4-2-8/h1-4,9,11,16-17H,5-7,14H2,(H,15,20)(H,18,19)/t9-,11-/m1/s1. The molecule has 1 aromatic rings. The topological polar surface area (TPSA) is 133 Å². The number of carboxylic acids is 1. The van der Waals surface area contributed by atoms with Crippen LogP contribution in [0.25, 0.3) is 0 Å². The van der Waals surface area contributed by atoms with E-state index in [0.717, 1.165) is 5.56 Å². The molecule has 0 fully saturated rings. The van der Waals surface area contributed by atoms with E-state index in [1.807, 2.05) is 0 Å². The van der Waals surface area contributed by atoms with Crippen LogP contribution >= 0.6 is 0 Å². The molecule has 0 radical (unpaired) electrons. The van der Waals surface area contributed by atoms with Crippen molar-refractivity contribution in [1.29, 1.82) is 0 Å². The Morgan fingerprint density at radius 3 is 2.35 bits per heavy atom. The average Bonchev–Trinajstić information content (AvgIpc) is 2.39. The van der Waals surface area contributed by atoms with Crippen LogP contribution in [0.5, 0.6) is 5.75 Å². The number of aliphatic hydroxyl groups is 1. The molecule has 20 heavy (non-hydrogen) atoms. The van der Waals surface area contributed by atoms with Crippen molar-refractivity contribution in [2.24, 2.45) is 5.73 Å². The largest absolute Gasteiger partial charge is 0.508 e. The molecule has 0 saturated carbocycles. The number of carboxylic acid groups (broad SMARTS) is 1. The minimum Gasteiger partial charge on any atom is -0.508 e. The van der Waals surface area contributed by atoms with Crippen molar-refractivity contribution in [3.05, 3.63) is 29.8 Å². The van der Waals surface area contributed by atoms with Crippen molar-refractivity contribution in [3.63, 3.8) is 0 Å². The summed E-state index contributed by atoms with van der Waals surface area (Å²) in [4.78, 5) is 22.1. The highest BCUT2D eigenvalue weighted by atomic mass is 16.4. The van der Waals surface area contributed by atoms with Crippen LogP contribution in [0.2, 0.25) is 0 Å². The van der Waals surface area contributed by atoms with E-state index in [4.69, 9.17) is 15.9 Å². The maximum Gasteiger partial charge on any atom is 0.305 e. The molecule has 6 N–H and O–H groups in total. The number of hydrogen-bond acceptors (Lipinski definition) is 5. The first-order valence-electron chi connectivity index (χ1n) is 6.09. The van der Waals surface area contributed by atoms with Crippen LogP contribution < -0.4 is 11.1 Å². The second-order valence-electron chi connectivity index (χ2n) is 4.46. The van der Waals surface area contributed by atoms with E-state index >= 15 is 0 Å². The number of phenols is 1. The zero-order chi connectivity index (χ0) is 15.1. The van der Waals surface area contributed by atoms with Gasteiger partial charge in [-0.15, -0.1) is 0 Å². The quantitative estimate of drug-likeness (QED) is 0.445. The zero-order valence-electron chi connectivity index (χ0n) is 10.8. The number of nitrogens with one attached hydrogen (secondary N) is 1. The van der Waals surface area contributed by atoms with E-state index in [1.54, 1.807) is 12.1 Å². The van der Waals surface area contributed by atoms with Crippen LogP contribution in [0.1, 0.15) is 12.0 Å². The fourth-order valence-corrected chi connectivity index (χ4v) is 1.67. The molecule has 1 rings (SSSR count). The minimum absolute atomic E-state index is 0.127. The smallest absolute Gasteiger partial charge is 0.305 e. The van der Waals surface area contributed by atoms with E-state index in [9.17, 15) is 14.7 Å². The number of hydrogen-bond donors (Lipinski definition) is 5. The van der Waals surface area contributed by atoms with Gasteiger partial charge in [0, 0.05) is 0 Å². The number of amides is 1. The number of benzene rings is 1. The van der Waals surface area contributed by atoms with E-state index < -0.39 is 30.4 Å². The molecule has 0 aromatic heterocycles. The number of nitrogens with two attached hydrogens (primary N) is 1. The van der Waals surface area contributed by atoms with Crippen molar-refractivity contribution >= 4 is 11.9 Å².